The molecule has 0 saturated heterocycles. The maximum atomic E-state index is 9.22. The van der Waals surface area contributed by atoms with Gasteiger partial charge in [0, 0.05) is 0 Å². The number of hydrogen-bond acceptors (Lipinski definition) is 4. The zero-order valence-electron chi connectivity index (χ0n) is 2.63. The van der Waals surface area contributed by atoms with Crippen molar-refractivity contribution in [3.05, 3.63) is 0 Å². The molecule has 0 bridgehead atoms. The maximum absolute atomic E-state index is 9.22. The molecule has 0 saturated carbocycles. The van der Waals surface area contributed by atoms with Gasteiger partial charge in [0.2, 0.25) is 0 Å². The first-order valence-electron chi connectivity index (χ1n) is 1.07. The molecule has 0 fully saturated rings. The summed E-state index contributed by atoms with van der Waals surface area (Å²) < 4.78 is 16.6. The van der Waals surface area contributed by atoms with Gasteiger partial charge in [0.25, 0.3) is 0 Å². The minimum atomic E-state index is -4.52. The second kappa shape index (κ2) is 2.70. The summed E-state index contributed by atoms with van der Waals surface area (Å²) in [6, 6.07) is 0. The topological polar surface area (TPSA) is 80.3 Å². The van der Waals surface area contributed by atoms with Crippen molar-refractivity contribution < 1.29 is 47.7 Å². The van der Waals surface area contributed by atoms with Crippen molar-refractivity contribution in [1.29, 1.82) is 0 Å². The van der Waals surface area contributed by atoms with Crippen molar-refractivity contribution in [3.63, 3.8) is 0 Å². The molecule has 0 radical (unpaired) electrons. The fourth-order valence-electron chi connectivity index (χ4n) is 0. The van der Waals surface area contributed by atoms with Crippen molar-refractivity contribution in [2.24, 2.45) is 0 Å². The molecule has 0 aliphatic rings. The molecule has 0 aromatic carbocycles. The quantitative estimate of drug-likeness (QED) is 0.492. The van der Waals surface area contributed by atoms with Gasteiger partial charge in [-0.15, -0.1) is 0 Å². The van der Waals surface area contributed by atoms with Crippen LogP contribution in [0.3, 0.4) is 0 Å². The molecule has 0 rings (SSSR count). The predicted molar refractivity (Wildman–Crippen MR) is 6.08 cm³/mol. The van der Waals surface area contributed by atoms with E-state index < -0.39 is 37.0 Å². The van der Waals surface area contributed by atoms with Gasteiger partial charge >= 0.3 is 49.4 Å². The zero-order valence-corrected chi connectivity index (χ0v) is 5.84. The van der Waals surface area contributed by atoms with E-state index in [0.717, 1.165) is 0 Å². The summed E-state index contributed by atoms with van der Waals surface area (Å²) >= 11 is -4.52. The standard InChI is InChI=1S/CO2.Nd.2O/c2-1-3;;;/q-1;;;-1. The molecule has 0 amide bonds. The van der Waals surface area contributed by atoms with E-state index in [1.807, 2.05) is 0 Å². The van der Waals surface area contributed by atoms with Crippen LogP contribution >= 0.6 is 0 Å². The Balaban J connectivity index is 3.57. The normalized spacial score (nSPS) is 7.50. The predicted octanol–water partition coefficient (Wildman–Crippen LogP) is -2.43. The Morgan fingerprint density at radius 2 is 1.83 bits per heavy atom. The molecule has 5 heteroatoms. The Morgan fingerprint density at radius 3 is 1.83 bits per heavy atom. The molecule has 0 heterocycles. The van der Waals surface area contributed by atoms with E-state index in [-0.39, 0.29) is 0 Å². The molecule has 0 aliphatic heterocycles. The summed E-state index contributed by atoms with van der Waals surface area (Å²) in [5.41, 5.74) is 0. The molecular formula is CNdO4-2. The van der Waals surface area contributed by atoms with E-state index >= 15 is 0 Å². The number of carboxylic acid groups (broad SMARTS) is 1. The fraction of sp³-hybridized carbons (Fsp3) is 0. The van der Waals surface area contributed by atoms with Crippen LogP contribution in [0, 0.1) is 35.4 Å². The zero-order chi connectivity index (χ0) is 5.15. The number of hydrogen-bond donors (Lipinski definition) is 0. The van der Waals surface area contributed by atoms with Gasteiger partial charge in [-0.05, 0) is 0 Å². The van der Waals surface area contributed by atoms with Gasteiger partial charge in [-0.25, -0.2) is 0 Å². The van der Waals surface area contributed by atoms with E-state index in [1.54, 1.807) is 0 Å². The minimum absolute atomic E-state index is 1.89. The summed E-state index contributed by atoms with van der Waals surface area (Å²) in [6.07, 6.45) is 0. The number of rotatable bonds is 1. The van der Waals surface area contributed by atoms with Gasteiger partial charge < -0.3 is 0 Å². The van der Waals surface area contributed by atoms with Crippen LogP contribution in [0.2, 0.25) is 0 Å². The van der Waals surface area contributed by atoms with Crippen molar-refractivity contribution in [2.45, 2.75) is 0 Å². The summed E-state index contributed by atoms with van der Waals surface area (Å²) in [4.78, 5) is 9.06. The van der Waals surface area contributed by atoms with Crippen LogP contribution in [0.5, 0.6) is 0 Å². The van der Waals surface area contributed by atoms with Crippen molar-refractivity contribution in [3.8, 4) is 0 Å². The first kappa shape index (κ1) is 6.58. The van der Waals surface area contributed by atoms with Crippen LogP contribution in [0.25, 0.3) is 0 Å². The van der Waals surface area contributed by atoms with E-state index in [4.69, 9.17) is 9.90 Å². The third kappa shape index (κ3) is 2.80. The second-order valence-electron chi connectivity index (χ2n) is 0.575. The summed E-state index contributed by atoms with van der Waals surface area (Å²) in [5, 5.41) is 9.06. The molecule has 0 N–H and O–H groups in total. The van der Waals surface area contributed by atoms with Crippen LogP contribution in [0.1, 0.15) is 0 Å². The van der Waals surface area contributed by atoms with Gasteiger partial charge in [-0.2, -0.15) is 0 Å². The molecule has 34 valence electrons. The monoisotopic (exact) mass is 218 g/mol. The molecule has 0 spiro atoms. The molecule has 0 aliphatic carbocycles. The van der Waals surface area contributed by atoms with Gasteiger partial charge in [-0.3, -0.25) is 0 Å². The Labute approximate surface area is 48.9 Å². The average molecular weight is 220 g/mol. The Morgan fingerprint density at radius 1 is 1.67 bits per heavy atom. The van der Waals surface area contributed by atoms with Gasteiger partial charge in [0.1, 0.15) is 0 Å². The average Bonchev–Trinajstić information content (AvgIpc) is 1.36. The van der Waals surface area contributed by atoms with E-state index in [2.05, 4.69) is 0 Å². The summed E-state index contributed by atoms with van der Waals surface area (Å²) in [7, 11) is 0. The van der Waals surface area contributed by atoms with Crippen molar-refractivity contribution in [1.82, 2.24) is 0 Å². The first-order chi connectivity index (χ1) is 2.64. The molecule has 6 heavy (non-hydrogen) atoms. The van der Waals surface area contributed by atoms with Gasteiger partial charge in [0.05, 0.1) is 0 Å². The molecule has 0 aromatic heterocycles. The molecule has 0 aromatic rings. The second-order valence-corrected chi connectivity index (χ2v) is 3.73. The van der Waals surface area contributed by atoms with Crippen molar-refractivity contribution in [2.75, 3.05) is 0 Å². The number of carbonyl (C=O) groups is 1. The third-order valence-corrected chi connectivity index (χ3v) is 1.24. The third-order valence-electron chi connectivity index (χ3n) is 0.167. The summed E-state index contributed by atoms with van der Waals surface area (Å²) in [5.74, 6) is 0. The molecular weight excluding hydrogens is 220 g/mol. The van der Waals surface area contributed by atoms with Gasteiger partial charge in [-0.1, -0.05) is 0 Å². The van der Waals surface area contributed by atoms with Gasteiger partial charge in [0.15, 0.2) is 0 Å². The van der Waals surface area contributed by atoms with E-state index in [1.165, 1.54) is 0 Å². The van der Waals surface area contributed by atoms with Crippen LogP contribution < -0.4 is 6.54 Å². The van der Waals surface area contributed by atoms with Crippen LogP contribution in [-0.4, -0.2) is 1.62 Å². The Hall–Kier alpha value is 0.581. The molecule has 0 atom stereocenters. The van der Waals surface area contributed by atoms with Crippen LogP contribution in [0.4, 0.5) is 4.79 Å². The molecule has 0 unspecified atom stereocenters. The SMILES string of the molecule is O=[C]([O-])[Nd](=[O])[O-]. The number of carbonyl (C=O) groups excluding carboxylic acids is 1. The van der Waals surface area contributed by atoms with Crippen LogP contribution in [-0.2, 0) is 1.05 Å². The Kier molecular flexibility index (Phi) is 2.97. The first-order valence-corrected chi connectivity index (χ1v) is 5.29. The van der Waals surface area contributed by atoms with E-state index in [0.29, 0.717) is 0 Å². The van der Waals surface area contributed by atoms with Crippen molar-refractivity contribution >= 4 is 1.62 Å². The Bertz CT molecular complexity index is 73.5. The molecule has 4 nitrogen and oxygen atoms in total. The fourth-order valence-corrected chi connectivity index (χ4v) is 0. The summed E-state index contributed by atoms with van der Waals surface area (Å²) in [6.45, 7) is 0. The van der Waals surface area contributed by atoms with Crippen LogP contribution in [0.15, 0.2) is 0 Å². The van der Waals surface area contributed by atoms with E-state index in [9.17, 15) is 2.48 Å².